The van der Waals surface area contributed by atoms with Gasteiger partial charge in [0.15, 0.2) is 5.96 Å². The number of hydrogen-bond donors (Lipinski definition) is 2. The van der Waals surface area contributed by atoms with Crippen molar-refractivity contribution in [3.05, 3.63) is 0 Å². The number of rotatable bonds is 6. The van der Waals surface area contributed by atoms with E-state index in [1.54, 1.807) is 0 Å². The molecular formula is C15H30N4S. The first-order valence-electron chi connectivity index (χ1n) is 8.06. The van der Waals surface area contributed by atoms with Crippen LogP contribution in [0.1, 0.15) is 38.5 Å². The largest absolute Gasteiger partial charge is 0.355 e. The van der Waals surface area contributed by atoms with Crippen LogP contribution in [0.3, 0.4) is 0 Å². The first-order valence-corrected chi connectivity index (χ1v) is 9.11. The Balaban J connectivity index is 1.58. The molecule has 1 aliphatic heterocycles. The van der Waals surface area contributed by atoms with Crippen molar-refractivity contribution in [2.45, 2.75) is 49.8 Å². The Morgan fingerprint density at radius 1 is 1.20 bits per heavy atom. The minimum atomic E-state index is 0.773. The van der Waals surface area contributed by atoms with Gasteiger partial charge in [-0.05, 0) is 38.5 Å². The van der Waals surface area contributed by atoms with E-state index in [0.717, 1.165) is 36.9 Å². The van der Waals surface area contributed by atoms with Crippen LogP contribution in [-0.4, -0.2) is 61.6 Å². The molecule has 0 spiro atoms. The fourth-order valence-electron chi connectivity index (χ4n) is 3.11. The molecule has 0 bridgehead atoms. The van der Waals surface area contributed by atoms with Gasteiger partial charge in [0, 0.05) is 38.0 Å². The van der Waals surface area contributed by atoms with Crippen LogP contribution in [0.15, 0.2) is 4.99 Å². The first kappa shape index (κ1) is 16.0. The number of thioether (sulfide) groups is 1. The molecule has 1 saturated carbocycles. The third-order valence-corrected chi connectivity index (χ3v) is 5.85. The van der Waals surface area contributed by atoms with Gasteiger partial charge in [0.2, 0.25) is 0 Å². The molecule has 1 heterocycles. The van der Waals surface area contributed by atoms with Crippen molar-refractivity contribution in [1.29, 1.82) is 0 Å². The number of aliphatic imine (C=N–C) groups is 1. The fraction of sp³-hybridized carbons (Fsp3) is 0.933. The van der Waals surface area contributed by atoms with Crippen LogP contribution in [0.25, 0.3) is 0 Å². The standard InChI is InChI=1S/C15H30N4S/c1-16-15(18-12-14-8-5-11-20-14)17-9-10-19(2)13-6-3-4-7-13/h13-14H,3-12H2,1-2H3,(H2,16,17,18). The van der Waals surface area contributed by atoms with Crippen LogP contribution < -0.4 is 10.6 Å². The van der Waals surface area contributed by atoms with Gasteiger partial charge < -0.3 is 15.5 Å². The summed E-state index contributed by atoms with van der Waals surface area (Å²) in [4.78, 5) is 6.81. The monoisotopic (exact) mass is 298 g/mol. The Hall–Kier alpha value is -0.420. The van der Waals surface area contributed by atoms with Crippen molar-refractivity contribution in [1.82, 2.24) is 15.5 Å². The maximum atomic E-state index is 4.31. The smallest absolute Gasteiger partial charge is 0.191 e. The molecule has 2 N–H and O–H groups in total. The van der Waals surface area contributed by atoms with E-state index in [1.807, 2.05) is 7.05 Å². The van der Waals surface area contributed by atoms with Gasteiger partial charge in [-0.25, -0.2) is 0 Å². The zero-order valence-corrected chi connectivity index (χ0v) is 13.8. The van der Waals surface area contributed by atoms with Crippen LogP contribution >= 0.6 is 11.8 Å². The van der Waals surface area contributed by atoms with Crippen LogP contribution in [0, 0.1) is 0 Å². The molecule has 20 heavy (non-hydrogen) atoms. The summed E-state index contributed by atoms with van der Waals surface area (Å²) in [6.07, 6.45) is 8.29. The Morgan fingerprint density at radius 3 is 2.65 bits per heavy atom. The van der Waals surface area contributed by atoms with Gasteiger partial charge in [0.25, 0.3) is 0 Å². The molecule has 4 nitrogen and oxygen atoms in total. The molecule has 2 rings (SSSR count). The molecule has 0 aromatic rings. The molecule has 116 valence electrons. The summed E-state index contributed by atoms with van der Waals surface area (Å²) in [5, 5.41) is 7.66. The Labute approximate surface area is 128 Å². The quantitative estimate of drug-likeness (QED) is 0.580. The van der Waals surface area contributed by atoms with E-state index in [2.05, 4.69) is 39.3 Å². The average molecular weight is 298 g/mol. The van der Waals surface area contributed by atoms with E-state index in [1.165, 1.54) is 44.3 Å². The lowest BCUT2D eigenvalue weighted by atomic mass is 10.2. The molecule has 1 unspecified atom stereocenters. The highest BCUT2D eigenvalue weighted by molar-refractivity contribution is 8.00. The second-order valence-electron chi connectivity index (χ2n) is 5.93. The van der Waals surface area contributed by atoms with E-state index in [4.69, 9.17) is 0 Å². The summed E-state index contributed by atoms with van der Waals surface area (Å²) in [6.45, 7) is 3.12. The third kappa shape index (κ3) is 5.17. The van der Waals surface area contributed by atoms with Crippen molar-refractivity contribution in [3.8, 4) is 0 Å². The molecule has 0 amide bonds. The van der Waals surface area contributed by atoms with E-state index < -0.39 is 0 Å². The topological polar surface area (TPSA) is 39.7 Å². The second kappa shape index (κ2) is 8.78. The second-order valence-corrected chi connectivity index (χ2v) is 7.34. The Bertz CT molecular complexity index is 296. The highest BCUT2D eigenvalue weighted by Gasteiger charge is 2.19. The first-order chi connectivity index (χ1) is 9.79. The molecular weight excluding hydrogens is 268 g/mol. The maximum Gasteiger partial charge on any atom is 0.191 e. The van der Waals surface area contributed by atoms with Crippen molar-refractivity contribution in [3.63, 3.8) is 0 Å². The van der Waals surface area contributed by atoms with E-state index in [-0.39, 0.29) is 0 Å². The predicted molar refractivity (Wildman–Crippen MR) is 89.7 cm³/mol. The highest BCUT2D eigenvalue weighted by Crippen LogP contribution is 2.25. The molecule has 0 aromatic carbocycles. The Kier molecular flexibility index (Phi) is 7.00. The molecule has 1 atom stereocenters. The van der Waals surface area contributed by atoms with Crippen molar-refractivity contribution >= 4 is 17.7 Å². The highest BCUT2D eigenvalue weighted by atomic mass is 32.2. The SMILES string of the molecule is CN=C(NCCN(C)C1CCCC1)NCC1CCCS1. The summed E-state index contributed by atoms with van der Waals surface area (Å²) in [5.74, 6) is 2.28. The number of hydrogen-bond acceptors (Lipinski definition) is 3. The van der Waals surface area contributed by atoms with Crippen molar-refractivity contribution in [2.75, 3.05) is 39.5 Å². The van der Waals surface area contributed by atoms with Gasteiger partial charge in [-0.15, -0.1) is 0 Å². The van der Waals surface area contributed by atoms with Crippen LogP contribution in [0.5, 0.6) is 0 Å². The van der Waals surface area contributed by atoms with Gasteiger partial charge in [-0.3, -0.25) is 4.99 Å². The fourth-order valence-corrected chi connectivity index (χ4v) is 4.32. The summed E-state index contributed by atoms with van der Waals surface area (Å²) < 4.78 is 0. The lowest BCUT2D eigenvalue weighted by Gasteiger charge is -2.24. The van der Waals surface area contributed by atoms with Crippen LogP contribution in [0.2, 0.25) is 0 Å². The predicted octanol–water partition coefficient (Wildman–Crippen LogP) is 1.92. The number of likely N-dealkylation sites (N-methyl/N-ethyl adjacent to an activating group) is 1. The minimum absolute atomic E-state index is 0.773. The zero-order valence-electron chi connectivity index (χ0n) is 13.0. The third-order valence-electron chi connectivity index (χ3n) is 4.45. The van der Waals surface area contributed by atoms with Gasteiger partial charge in [-0.2, -0.15) is 11.8 Å². The summed E-state index contributed by atoms with van der Waals surface area (Å²) in [7, 11) is 4.11. The molecule has 0 aromatic heterocycles. The summed E-state index contributed by atoms with van der Waals surface area (Å²) in [5.41, 5.74) is 0. The molecule has 0 radical (unpaired) electrons. The normalized spacial score (nSPS) is 24.6. The summed E-state index contributed by atoms with van der Waals surface area (Å²) in [6, 6.07) is 0.807. The lowest BCUT2D eigenvalue weighted by molar-refractivity contribution is 0.249. The lowest BCUT2D eigenvalue weighted by Crippen LogP contribution is -2.44. The molecule has 1 saturated heterocycles. The molecule has 1 aliphatic carbocycles. The van der Waals surface area contributed by atoms with Gasteiger partial charge in [0.05, 0.1) is 0 Å². The molecule has 5 heteroatoms. The van der Waals surface area contributed by atoms with E-state index in [0.29, 0.717) is 0 Å². The minimum Gasteiger partial charge on any atom is -0.355 e. The molecule has 2 aliphatic rings. The van der Waals surface area contributed by atoms with Crippen molar-refractivity contribution < 1.29 is 0 Å². The van der Waals surface area contributed by atoms with Gasteiger partial charge in [-0.1, -0.05) is 12.8 Å². The zero-order chi connectivity index (χ0) is 14.2. The van der Waals surface area contributed by atoms with E-state index >= 15 is 0 Å². The summed E-state index contributed by atoms with van der Waals surface area (Å²) >= 11 is 2.09. The average Bonchev–Trinajstić information content (AvgIpc) is 3.14. The van der Waals surface area contributed by atoms with E-state index in [9.17, 15) is 0 Å². The Morgan fingerprint density at radius 2 is 2.00 bits per heavy atom. The number of nitrogens with zero attached hydrogens (tertiary/aromatic N) is 2. The van der Waals surface area contributed by atoms with Crippen LogP contribution in [-0.2, 0) is 0 Å². The number of nitrogens with one attached hydrogen (secondary N) is 2. The maximum absolute atomic E-state index is 4.31. The molecule has 2 fully saturated rings. The van der Waals surface area contributed by atoms with Gasteiger partial charge in [0.1, 0.15) is 0 Å². The van der Waals surface area contributed by atoms with Crippen molar-refractivity contribution in [2.24, 2.45) is 4.99 Å². The number of guanidine groups is 1. The van der Waals surface area contributed by atoms with Crippen LogP contribution in [0.4, 0.5) is 0 Å². The van der Waals surface area contributed by atoms with Gasteiger partial charge >= 0.3 is 0 Å².